The van der Waals surface area contributed by atoms with E-state index in [4.69, 9.17) is 17.0 Å². The van der Waals surface area contributed by atoms with Gasteiger partial charge in [0, 0.05) is 18.7 Å². The summed E-state index contributed by atoms with van der Waals surface area (Å²) in [6.07, 6.45) is -0.618. The van der Waals surface area contributed by atoms with Gasteiger partial charge in [-0.1, -0.05) is 13.0 Å². The number of carbonyl (C=O) groups is 1. The van der Waals surface area contributed by atoms with Gasteiger partial charge in [0.1, 0.15) is 5.75 Å². The highest BCUT2D eigenvalue weighted by Gasteiger charge is 2.31. The van der Waals surface area contributed by atoms with E-state index in [2.05, 4.69) is 10.6 Å². The number of nitrogens with zero attached hydrogens (tertiary/aromatic N) is 1. The molecule has 2 aromatic rings. The van der Waals surface area contributed by atoms with E-state index in [9.17, 15) is 18.0 Å². The van der Waals surface area contributed by atoms with Crippen molar-refractivity contribution in [3.05, 3.63) is 53.6 Å². The van der Waals surface area contributed by atoms with Crippen LogP contribution in [0.2, 0.25) is 0 Å². The van der Waals surface area contributed by atoms with Crippen LogP contribution >= 0.6 is 12.2 Å². The van der Waals surface area contributed by atoms with Crippen LogP contribution in [-0.2, 0) is 6.18 Å². The average Bonchev–Trinajstić information content (AvgIpc) is 2.77. The number of amides is 1. The third-order valence-electron chi connectivity index (χ3n) is 5.06. The molecule has 3 rings (SSSR count). The fourth-order valence-corrected chi connectivity index (χ4v) is 3.70. The van der Waals surface area contributed by atoms with Crippen molar-refractivity contribution in [3.63, 3.8) is 0 Å². The molecule has 1 amide bonds. The zero-order valence-corrected chi connectivity index (χ0v) is 18.6. The number of hydrogen-bond acceptors (Lipinski definition) is 4. The Morgan fingerprint density at radius 1 is 1.12 bits per heavy atom. The summed E-state index contributed by atoms with van der Waals surface area (Å²) in [6, 6.07) is 10.2. The molecule has 0 atom stereocenters. The number of piperidine rings is 1. The second-order valence-corrected chi connectivity index (χ2v) is 7.97. The minimum Gasteiger partial charge on any atom is -0.494 e. The Labute approximate surface area is 190 Å². The average molecular weight is 466 g/mol. The second kappa shape index (κ2) is 10.7. The Hall–Kier alpha value is -2.81. The number of hydrogen-bond donors (Lipinski definition) is 2. The van der Waals surface area contributed by atoms with Crippen LogP contribution in [0.25, 0.3) is 0 Å². The number of thiocarbonyl (C=S) groups is 1. The highest BCUT2D eigenvalue weighted by Crippen LogP contribution is 2.36. The number of halogens is 3. The first-order chi connectivity index (χ1) is 15.3. The molecule has 1 heterocycles. The predicted octanol–water partition coefficient (Wildman–Crippen LogP) is 5.61. The molecule has 32 heavy (non-hydrogen) atoms. The molecule has 0 spiro atoms. The summed E-state index contributed by atoms with van der Waals surface area (Å²) in [5, 5.41) is 5.26. The fraction of sp³-hybridized carbons (Fsp3) is 0.391. The lowest BCUT2D eigenvalue weighted by molar-refractivity contribution is -0.137. The normalized spacial score (nSPS) is 14.1. The van der Waals surface area contributed by atoms with Crippen LogP contribution in [0.3, 0.4) is 0 Å². The predicted molar refractivity (Wildman–Crippen MR) is 123 cm³/mol. The van der Waals surface area contributed by atoms with Gasteiger partial charge < -0.3 is 15.0 Å². The van der Waals surface area contributed by atoms with E-state index in [-0.39, 0.29) is 10.8 Å². The Bertz CT molecular complexity index is 960. The van der Waals surface area contributed by atoms with Gasteiger partial charge in [0.25, 0.3) is 5.91 Å². The second-order valence-electron chi connectivity index (χ2n) is 7.56. The van der Waals surface area contributed by atoms with E-state index in [0.29, 0.717) is 23.6 Å². The Morgan fingerprint density at radius 3 is 2.56 bits per heavy atom. The molecule has 1 aliphatic rings. The van der Waals surface area contributed by atoms with Crippen LogP contribution in [-0.4, -0.2) is 30.7 Å². The molecule has 0 unspecified atom stereocenters. The molecular formula is C23H26F3N3O2S. The number of anilines is 2. The summed E-state index contributed by atoms with van der Waals surface area (Å²) >= 11 is 5.24. The SMILES string of the molecule is CCCOc1cccc(C(=O)NC(=S)Nc2cc(C(F)(F)F)ccc2N2CCCCC2)c1. The van der Waals surface area contributed by atoms with Gasteiger partial charge in [-0.15, -0.1) is 0 Å². The van der Waals surface area contributed by atoms with E-state index in [1.807, 2.05) is 11.8 Å². The lowest BCUT2D eigenvalue weighted by Gasteiger charge is -2.31. The van der Waals surface area contributed by atoms with E-state index in [1.54, 1.807) is 24.3 Å². The molecule has 0 radical (unpaired) electrons. The van der Waals surface area contributed by atoms with Crippen molar-refractivity contribution in [3.8, 4) is 5.75 Å². The quantitative estimate of drug-likeness (QED) is 0.543. The number of ether oxygens (including phenoxy) is 1. The van der Waals surface area contributed by atoms with Gasteiger partial charge in [-0.25, -0.2) is 0 Å². The first-order valence-electron chi connectivity index (χ1n) is 10.6. The highest BCUT2D eigenvalue weighted by molar-refractivity contribution is 7.80. The van der Waals surface area contributed by atoms with Crippen LogP contribution in [0, 0.1) is 0 Å². The zero-order chi connectivity index (χ0) is 23.1. The van der Waals surface area contributed by atoms with Crippen LogP contribution in [0.1, 0.15) is 48.5 Å². The maximum Gasteiger partial charge on any atom is 0.416 e. The number of nitrogens with one attached hydrogen (secondary N) is 2. The highest BCUT2D eigenvalue weighted by atomic mass is 32.1. The first kappa shape index (κ1) is 23.8. The number of carbonyl (C=O) groups excluding carboxylic acids is 1. The van der Waals surface area contributed by atoms with Gasteiger partial charge in [0.05, 0.1) is 23.5 Å². The largest absolute Gasteiger partial charge is 0.494 e. The van der Waals surface area contributed by atoms with Gasteiger partial charge >= 0.3 is 6.18 Å². The summed E-state index contributed by atoms with van der Waals surface area (Å²) in [7, 11) is 0. The van der Waals surface area contributed by atoms with E-state index >= 15 is 0 Å². The summed E-state index contributed by atoms with van der Waals surface area (Å²) in [6.45, 7) is 4.01. The zero-order valence-electron chi connectivity index (χ0n) is 17.8. The van der Waals surface area contributed by atoms with Gasteiger partial charge in [-0.3, -0.25) is 10.1 Å². The number of alkyl halides is 3. The van der Waals surface area contributed by atoms with Crippen molar-refractivity contribution < 1.29 is 22.7 Å². The van der Waals surface area contributed by atoms with Crippen LogP contribution < -0.4 is 20.3 Å². The summed E-state index contributed by atoms with van der Waals surface area (Å²) in [5.41, 5.74) is 0.398. The third kappa shape index (κ3) is 6.35. The topological polar surface area (TPSA) is 53.6 Å². The Kier molecular flexibility index (Phi) is 7.95. The van der Waals surface area contributed by atoms with Crippen molar-refractivity contribution in [2.75, 3.05) is 29.9 Å². The van der Waals surface area contributed by atoms with E-state index < -0.39 is 17.6 Å². The lowest BCUT2D eigenvalue weighted by Crippen LogP contribution is -2.35. The van der Waals surface area contributed by atoms with Crippen LogP contribution in [0.4, 0.5) is 24.5 Å². The molecule has 2 N–H and O–H groups in total. The van der Waals surface area contributed by atoms with Crippen molar-refractivity contribution in [2.45, 2.75) is 38.8 Å². The molecule has 1 saturated heterocycles. The minimum atomic E-state index is -4.49. The standard InChI is InChI=1S/C23H26F3N3O2S/c1-2-13-31-18-8-6-7-16(14-18)21(30)28-22(32)27-19-15-17(23(24,25)26)9-10-20(19)29-11-4-3-5-12-29/h6-10,14-15H,2-5,11-13H2,1H3,(H2,27,28,30,32). The van der Waals surface area contributed by atoms with Gasteiger partial charge in [-0.05, 0) is 74.3 Å². The molecular weight excluding hydrogens is 439 g/mol. The van der Waals surface area contributed by atoms with Crippen LogP contribution in [0.15, 0.2) is 42.5 Å². The Morgan fingerprint density at radius 2 is 1.88 bits per heavy atom. The van der Waals surface area contributed by atoms with Crippen molar-refractivity contribution in [1.82, 2.24) is 5.32 Å². The molecule has 1 aliphatic heterocycles. The van der Waals surface area contributed by atoms with Crippen molar-refractivity contribution >= 4 is 34.6 Å². The van der Waals surface area contributed by atoms with Crippen molar-refractivity contribution in [1.29, 1.82) is 0 Å². The van der Waals surface area contributed by atoms with E-state index in [0.717, 1.165) is 50.9 Å². The van der Waals surface area contributed by atoms with Gasteiger partial charge in [0.2, 0.25) is 0 Å². The van der Waals surface area contributed by atoms with E-state index in [1.165, 1.54) is 6.07 Å². The number of rotatable bonds is 6. The molecule has 172 valence electrons. The molecule has 1 fully saturated rings. The van der Waals surface area contributed by atoms with Gasteiger partial charge in [-0.2, -0.15) is 13.2 Å². The maximum absolute atomic E-state index is 13.3. The monoisotopic (exact) mass is 465 g/mol. The fourth-order valence-electron chi connectivity index (χ4n) is 3.50. The summed E-state index contributed by atoms with van der Waals surface area (Å²) in [4.78, 5) is 14.6. The number of benzene rings is 2. The minimum absolute atomic E-state index is 0.0764. The van der Waals surface area contributed by atoms with Gasteiger partial charge in [0.15, 0.2) is 5.11 Å². The molecule has 9 heteroatoms. The first-order valence-corrected chi connectivity index (χ1v) is 11.0. The smallest absolute Gasteiger partial charge is 0.416 e. The Balaban J connectivity index is 1.76. The molecule has 0 saturated carbocycles. The lowest BCUT2D eigenvalue weighted by atomic mass is 10.1. The summed E-state index contributed by atoms with van der Waals surface area (Å²) in [5.74, 6) is 0.0830. The van der Waals surface area contributed by atoms with Crippen LogP contribution in [0.5, 0.6) is 5.75 Å². The molecule has 2 aromatic carbocycles. The molecule has 0 aromatic heterocycles. The summed E-state index contributed by atoms with van der Waals surface area (Å²) < 4.78 is 45.4. The molecule has 5 nitrogen and oxygen atoms in total. The maximum atomic E-state index is 13.3. The molecule has 0 bridgehead atoms. The third-order valence-corrected chi connectivity index (χ3v) is 5.27. The van der Waals surface area contributed by atoms with Crippen molar-refractivity contribution in [2.24, 2.45) is 0 Å². The molecule has 0 aliphatic carbocycles.